The van der Waals surface area contributed by atoms with Crippen LogP contribution in [-0.4, -0.2) is 31.4 Å². The summed E-state index contributed by atoms with van der Waals surface area (Å²) in [7, 11) is 3.60. The van der Waals surface area contributed by atoms with E-state index in [1.165, 1.54) is 11.6 Å². The number of hydrogen-bond acceptors (Lipinski definition) is 2. The molecule has 128 valence electrons. The molecule has 0 aliphatic heterocycles. The number of carbonyl (C=O) groups excluding carboxylic acids is 1. The number of hydrogen-bond donors (Lipinski definition) is 0. The fourth-order valence-electron chi connectivity index (χ4n) is 2.51. The normalized spacial score (nSPS) is 10.8. The second-order valence-corrected chi connectivity index (χ2v) is 6.45. The highest BCUT2D eigenvalue weighted by Crippen LogP contribution is 2.21. The molecule has 0 bridgehead atoms. The van der Waals surface area contributed by atoms with Gasteiger partial charge in [0.2, 0.25) is 5.91 Å². The lowest BCUT2D eigenvalue weighted by molar-refractivity contribution is -0.128. The summed E-state index contributed by atoms with van der Waals surface area (Å²) >= 11 is 0. The predicted octanol–water partition coefficient (Wildman–Crippen LogP) is 4.04. The summed E-state index contributed by atoms with van der Waals surface area (Å²) in [5.41, 5.74) is 2.78. The van der Waals surface area contributed by atoms with Crippen LogP contribution < -0.4 is 4.90 Å². The van der Waals surface area contributed by atoms with E-state index < -0.39 is 0 Å². The Kier molecular flexibility index (Phi) is 5.96. The molecule has 0 aromatic heterocycles. The Morgan fingerprint density at radius 3 is 2.46 bits per heavy atom. The van der Waals surface area contributed by atoms with E-state index in [4.69, 9.17) is 0 Å². The lowest BCUT2D eigenvalue weighted by atomic mass is 10.0. The summed E-state index contributed by atoms with van der Waals surface area (Å²) in [4.78, 5) is 15.9. The molecular formula is C20H25FN2O. The van der Waals surface area contributed by atoms with Gasteiger partial charge in [-0.1, -0.05) is 44.2 Å². The smallest absolute Gasteiger partial charge is 0.242 e. The Labute approximate surface area is 143 Å². The Morgan fingerprint density at radius 2 is 1.79 bits per heavy atom. The zero-order chi connectivity index (χ0) is 17.7. The van der Waals surface area contributed by atoms with Crippen LogP contribution >= 0.6 is 0 Å². The molecule has 0 saturated heterocycles. The first-order valence-corrected chi connectivity index (χ1v) is 8.17. The topological polar surface area (TPSA) is 23.6 Å². The largest absolute Gasteiger partial charge is 0.365 e. The van der Waals surface area contributed by atoms with Gasteiger partial charge >= 0.3 is 0 Å². The summed E-state index contributed by atoms with van der Waals surface area (Å²) in [5, 5.41) is 0. The number of rotatable bonds is 6. The van der Waals surface area contributed by atoms with Crippen LogP contribution in [0.4, 0.5) is 10.1 Å². The molecule has 0 N–H and O–H groups in total. The third-order valence-electron chi connectivity index (χ3n) is 4.14. The number of nitrogens with zero attached hydrogens (tertiary/aromatic N) is 2. The van der Waals surface area contributed by atoms with Crippen LogP contribution in [0.2, 0.25) is 0 Å². The van der Waals surface area contributed by atoms with Gasteiger partial charge in [0.1, 0.15) is 5.82 Å². The first-order chi connectivity index (χ1) is 11.4. The maximum atomic E-state index is 13.7. The van der Waals surface area contributed by atoms with Gasteiger partial charge < -0.3 is 9.80 Å². The summed E-state index contributed by atoms with van der Waals surface area (Å²) in [6.07, 6.45) is 0. The maximum absolute atomic E-state index is 13.7. The first kappa shape index (κ1) is 18.0. The van der Waals surface area contributed by atoms with Gasteiger partial charge in [0.25, 0.3) is 0 Å². The summed E-state index contributed by atoms with van der Waals surface area (Å²) in [5.74, 6) is 0.114. The molecule has 0 heterocycles. The fraction of sp³-hybridized carbons (Fsp3) is 0.350. The van der Waals surface area contributed by atoms with Crippen molar-refractivity contribution >= 4 is 11.6 Å². The van der Waals surface area contributed by atoms with Crippen molar-refractivity contribution in [1.29, 1.82) is 0 Å². The number of benzene rings is 2. The number of halogens is 1. The van der Waals surface area contributed by atoms with Crippen molar-refractivity contribution in [2.24, 2.45) is 0 Å². The zero-order valence-corrected chi connectivity index (χ0v) is 14.8. The van der Waals surface area contributed by atoms with E-state index in [1.54, 1.807) is 30.1 Å². The van der Waals surface area contributed by atoms with Crippen LogP contribution in [0.5, 0.6) is 0 Å². The van der Waals surface area contributed by atoms with Crippen LogP contribution in [0.15, 0.2) is 48.5 Å². The Hall–Kier alpha value is -2.36. The Bertz CT molecular complexity index is 700. The standard InChI is InChI=1S/C20H25FN2O/c1-15(2)16-9-7-10-18(12-16)22(3)14-20(24)23(4)13-17-8-5-6-11-19(17)21/h5-12,15H,13-14H2,1-4H3. The summed E-state index contributed by atoms with van der Waals surface area (Å²) < 4.78 is 13.7. The van der Waals surface area contributed by atoms with E-state index in [-0.39, 0.29) is 24.8 Å². The second kappa shape index (κ2) is 7.95. The first-order valence-electron chi connectivity index (χ1n) is 8.17. The van der Waals surface area contributed by atoms with Crippen molar-refractivity contribution in [3.05, 3.63) is 65.5 Å². The van der Waals surface area contributed by atoms with Crippen molar-refractivity contribution in [2.75, 3.05) is 25.5 Å². The third-order valence-corrected chi connectivity index (χ3v) is 4.14. The SMILES string of the molecule is CC(C)c1cccc(N(C)CC(=O)N(C)Cc2ccccc2F)c1. The van der Waals surface area contributed by atoms with Crippen LogP contribution in [-0.2, 0) is 11.3 Å². The van der Waals surface area contributed by atoms with E-state index in [0.717, 1.165) is 5.69 Å². The van der Waals surface area contributed by atoms with Gasteiger partial charge in [-0.05, 0) is 29.7 Å². The molecule has 24 heavy (non-hydrogen) atoms. The lowest BCUT2D eigenvalue weighted by Crippen LogP contribution is -2.36. The van der Waals surface area contributed by atoms with Crippen molar-refractivity contribution in [3.8, 4) is 0 Å². The minimum atomic E-state index is -0.282. The molecule has 0 fully saturated rings. The van der Waals surface area contributed by atoms with Crippen molar-refractivity contribution in [3.63, 3.8) is 0 Å². The highest BCUT2D eigenvalue weighted by molar-refractivity contribution is 5.81. The van der Waals surface area contributed by atoms with Crippen LogP contribution in [0.3, 0.4) is 0 Å². The predicted molar refractivity (Wildman–Crippen MR) is 96.7 cm³/mol. The van der Waals surface area contributed by atoms with E-state index in [9.17, 15) is 9.18 Å². The second-order valence-electron chi connectivity index (χ2n) is 6.45. The number of likely N-dealkylation sites (N-methyl/N-ethyl adjacent to an activating group) is 2. The number of anilines is 1. The molecule has 0 spiro atoms. The van der Waals surface area contributed by atoms with Gasteiger partial charge in [0, 0.05) is 31.9 Å². The monoisotopic (exact) mass is 328 g/mol. The van der Waals surface area contributed by atoms with E-state index >= 15 is 0 Å². The molecule has 2 aromatic carbocycles. The lowest BCUT2D eigenvalue weighted by Gasteiger charge is -2.24. The van der Waals surface area contributed by atoms with Crippen molar-refractivity contribution in [1.82, 2.24) is 4.90 Å². The average Bonchev–Trinajstić information content (AvgIpc) is 2.56. The highest BCUT2D eigenvalue weighted by Gasteiger charge is 2.14. The van der Waals surface area contributed by atoms with Gasteiger partial charge in [-0.25, -0.2) is 4.39 Å². The number of carbonyl (C=O) groups is 1. The van der Waals surface area contributed by atoms with Gasteiger partial charge in [-0.2, -0.15) is 0 Å². The van der Waals surface area contributed by atoms with E-state index in [2.05, 4.69) is 26.0 Å². The van der Waals surface area contributed by atoms with Gasteiger partial charge in [-0.3, -0.25) is 4.79 Å². The van der Waals surface area contributed by atoms with Crippen molar-refractivity contribution in [2.45, 2.75) is 26.3 Å². The van der Waals surface area contributed by atoms with E-state index in [0.29, 0.717) is 11.5 Å². The maximum Gasteiger partial charge on any atom is 0.242 e. The molecular weight excluding hydrogens is 303 g/mol. The molecule has 2 rings (SSSR count). The molecule has 0 aliphatic carbocycles. The molecule has 1 amide bonds. The molecule has 3 nitrogen and oxygen atoms in total. The quantitative estimate of drug-likeness (QED) is 0.799. The minimum Gasteiger partial charge on any atom is -0.365 e. The van der Waals surface area contributed by atoms with Gasteiger partial charge in [0.05, 0.1) is 6.54 Å². The molecule has 0 saturated carbocycles. The van der Waals surface area contributed by atoms with Crippen molar-refractivity contribution < 1.29 is 9.18 Å². The van der Waals surface area contributed by atoms with Crippen LogP contribution in [0.1, 0.15) is 30.9 Å². The average molecular weight is 328 g/mol. The molecule has 4 heteroatoms. The molecule has 0 aliphatic rings. The van der Waals surface area contributed by atoms with Crippen LogP contribution in [0.25, 0.3) is 0 Å². The highest BCUT2D eigenvalue weighted by atomic mass is 19.1. The van der Waals surface area contributed by atoms with E-state index in [1.807, 2.05) is 24.1 Å². The Morgan fingerprint density at radius 1 is 1.08 bits per heavy atom. The Balaban J connectivity index is 2.00. The third kappa shape index (κ3) is 4.57. The zero-order valence-electron chi connectivity index (χ0n) is 14.8. The molecule has 0 unspecified atom stereocenters. The number of amides is 1. The fourth-order valence-corrected chi connectivity index (χ4v) is 2.51. The van der Waals surface area contributed by atoms with Gasteiger partial charge in [0.15, 0.2) is 0 Å². The molecule has 0 atom stereocenters. The molecule has 2 aromatic rings. The molecule has 0 radical (unpaired) electrons. The minimum absolute atomic E-state index is 0.0456. The summed E-state index contributed by atoms with van der Waals surface area (Å²) in [6.45, 7) is 4.82. The van der Waals surface area contributed by atoms with Gasteiger partial charge in [-0.15, -0.1) is 0 Å². The van der Waals surface area contributed by atoms with Crippen LogP contribution in [0, 0.1) is 5.82 Å². The summed E-state index contributed by atoms with van der Waals surface area (Å²) in [6, 6.07) is 14.7.